The van der Waals surface area contributed by atoms with Crippen molar-refractivity contribution in [1.29, 1.82) is 0 Å². The lowest BCUT2D eigenvalue weighted by atomic mass is 10.2. The number of hydrogen-bond donors (Lipinski definition) is 0. The molecule has 0 atom stereocenters. The molecule has 4 aromatic rings. The van der Waals surface area contributed by atoms with E-state index in [0.29, 0.717) is 5.58 Å². The molecule has 0 amide bonds. The lowest BCUT2D eigenvalue weighted by Crippen LogP contribution is -2.46. The van der Waals surface area contributed by atoms with Crippen LogP contribution in [0.4, 0.5) is 10.2 Å². The number of anilines is 1. The van der Waals surface area contributed by atoms with Crippen molar-refractivity contribution in [1.82, 2.24) is 25.1 Å². The number of nitrogens with zero attached hydrogens (tertiary/aromatic N) is 6. The van der Waals surface area contributed by atoms with Crippen molar-refractivity contribution in [2.24, 2.45) is 0 Å². The van der Waals surface area contributed by atoms with Crippen molar-refractivity contribution >= 4 is 27.8 Å². The van der Waals surface area contributed by atoms with Gasteiger partial charge in [0.05, 0.1) is 10.9 Å². The highest BCUT2D eigenvalue weighted by atomic mass is 19.1. The molecule has 7 nitrogen and oxygen atoms in total. The number of aryl methyl sites for hydroxylation is 1. The average molecular weight is 394 g/mol. The summed E-state index contributed by atoms with van der Waals surface area (Å²) in [5, 5.41) is 13.5. The molecule has 29 heavy (non-hydrogen) atoms. The quantitative estimate of drug-likeness (QED) is 0.468. The minimum atomic E-state index is -0.302. The Morgan fingerprint density at radius 1 is 0.966 bits per heavy atom. The number of halogens is 1. The van der Waals surface area contributed by atoms with Gasteiger partial charge in [0.1, 0.15) is 11.3 Å². The van der Waals surface area contributed by atoms with E-state index in [4.69, 9.17) is 4.52 Å². The summed E-state index contributed by atoms with van der Waals surface area (Å²) >= 11 is 0. The van der Waals surface area contributed by atoms with Crippen molar-refractivity contribution in [2.75, 3.05) is 37.6 Å². The lowest BCUT2D eigenvalue weighted by Gasteiger charge is -2.34. The zero-order chi connectivity index (χ0) is 19.6. The van der Waals surface area contributed by atoms with E-state index in [1.165, 1.54) is 12.1 Å². The molecule has 1 aliphatic heterocycles. The molecule has 3 heterocycles. The molecule has 0 saturated carbocycles. The maximum absolute atomic E-state index is 13.3. The van der Waals surface area contributed by atoms with E-state index in [9.17, 15) is 4.39 Å². The van der Waals surface area contributed by atoms with Gasteiger partial charge in [-0.3, -0.25) is 4.90 Å². The number of rotatable bonds is 6. The lowest BCUT2D eigenvalue weighted by molar-refractivity contribution is 0.249. The monoisotopic (exact) mass is 394 g/mol. The molecule has 0 bridgehead atoms. The van der Waals surface area contributed by atoms with Crippen LogP contribution in [0.3, 0.4) is 0 Å². The smallest absolute Gasteiger partial charge is 0.180 e. The third-order valence-electron chi connectivity index (χ3n) is 5.60. The number of piperazine rings is 1. The zero-order valence-electron chi connectivity index (χ0n) is 16.2. The first kappa shape index (κ1) is 18.1. The molecule has 5 rings (SSSR count). The van der Waals surface area contributed by atoms with Crippen LogP contribution in [-0.2, 0) is 6.54 Å². The molecular weight excluding hydrogens is 371 g/mol. The number of fused-ring (bicyclic) bond motifs is 2. The molecule has 8 heteroatoms. The normalized spacial score (nSPS) is 15.6. The van der Waals surface area contributed by atoms with Crippen LogP contribution >= 0.6 is 0 Å². The Labute approximate surface area is 167 Å². The second-order valence-corrected chi connectivity index (χ2v) is 7.48. The van der Waals surface area contributed by atoms with Gasteiger partial charge >= 0.3 is 0 Å². The summed E-state index contributed by atoms with van der Waals surface area (Å²) in [5.74, 6) is 0.515. The summed E-state index contributed by atoms with van der Waals surface area (Å²) in [4.78, 5) is 4.71. The zero-order valence-corrected chi connectivity index (χ0v) is 16.2. The van der Waals surface area contributed by atoms with E-state index < -0.39 is 0 Å². The standard InChI is InChI=1S/C21H23FN6O/c22-16-7-8-17-20(15-16)29-24-21(17)27-13-11-26(12-14-27)9-3-4-10-28-19-6-2-1-5-18(19)23-25-28/h1-2,5-8,15H,3-4,9-14H2. The summed E-state index contributed by atoms with van der Waals surface area (Å²) < 4.78 is 20.6. The molecule has 0 spiro atoms. The van der Waals surface area contributed by atoms with Crippen molar-refractivity contribution in [3.63, 3.8) is 0 Å². The highest BCUT2D eigenvalue weighted by Gasteiger charge is 2.21. The maximum Gasteiger partial charge on any atom is 0.180 e. The van der Waals surface area contributed by atoms with E-state index in [1.807, 2.05) is 22.9 Å². The highest BCUT2D eigenvalue weighted by Crippen LogP contribution is 2.27. The first-order valence-electron chi connectivity index (χ1n) is 10.1. The first-order valence-corrected chi connectivity index (χ1v) is 10.1. The van der Waals surface area contributed by atoms with Crippen molar-refractivity contribution in [3.05, 3.63) is 48.3 Å². The highest BCUT2D eigenvalue weighted by molar-refractivity contribution is 5.88. The van der Waals surface area contributed by atoms with Gasteiger partial charge < -0.3 is 9.42 Å². The van der Waals surface area contributed by atoms with Crippen LogP contribution in [0.5, 0.6) is 0 Å². The van der Waals surface area contributed by atoms with Gasteiger partial charge in [-0.25, -0.2) is 9.07 Å². The predicted octanol–water partition coefficient (Wildman–Crippen LogP) is 3.31. The molecule has 2 aromatic heterocycles. The van der Waals surface area contributed by atoms with Gasteiger partial charge in [0, 0.05) is 38.8 Å². The largest absolute Gasteiger partial charge is 0.354 e. The van der Waals surface area contributed by atoms with Crippen LogP contribution in [-0.4, -0.2) is 57.8 Å². The molecule has 1 fully saturated rings. The van der Waals surface area contributed by atoms with E-state index in [-0.39, 0.29) is 5.82 Å². The van der Waals surface area contributed by atoms with Crippen LogP contribution < -0.4 is 4.90 Å². The molecule has 0 unspecified atom stereocenters. The van der Waals surface area contributed by atoms with E-state index in [0.717, 1.165) is 74.3 Å². The molecular formula is C21H23FN6O. The van der Waals surface area contributed by atoms with Crippen molar-refractivity contribution in [2.45, 2.75) is 19.4 Å². The van der Waals surface area contributed by atoms with Gasteiger partial charge in [-0.15, -0.1) is 5.10 Å². The summed E-state index contributed by atoms with van der Waals surface area (Å²) in [7, 11) is 0. The molecule has 0 N–H and O–H groups in total. The van der Waals surface area contributed by atoms with E-state index in [1.54, 1.807) is 6.07 Å². The third kappa shape index (κ3) is 3.67. The maximum atomic E-state index is 13.3. The fraction of sp³-hybridized carbons (Fsp3) is 0.381. The minimum absolute atomic E-state index is 0.302. The Balaban J connectivity index is 1.11. The molecule has 1 aliphatic rings. The minimum Gasteiger partial charge on any atom is -0.354 e. The Bertz CT molecular complexity index is 1110. The number of hydrogen-bond acceptors (Lipinski definition) is 6. The van der Waals surface area contributed by atoms with Crippen LogP contribution in [0.2, 0.25) is 0 Å². The van der Waals surface area contributed by atoms with Gasteiger partial charge in [0.15, 0.2) is 11.4 Å². The Morgan fingerprint density at radius 3 is 2.69 bits per heavy atom. The Hall–Kier alpha value is -3.00. The van der Waals surface area contributed by atoms with Crippen LogP contribution in [0.1, 0.15) is 12.8 Å². The summed E-state index contributed by atoms with van der Waals surface area (Å²) in [6, 6.07) is 12.7. The van der Waals surface area contributed by atoms with Gasteiger partial charge in [0.25, 0.3) is 0 Å². The second-order valence-electron chi connectivity index (χ2n) is 7.48. The topological polar surface area (TPSA) is 63.2 Å². The Morgan fingerprint density at radius 2 is 1.79 bits per heavy atom. The van der Waals surface area contributed by atoms with Crippen LogP contribution in [0, 0.1) is 5.82 Å². The van der Waals surface area contributed by atoms with Gasteiger partial charge in [0.2, 0.25) is 0 Å². The Kier molecular flexibility index (Phi) is 4.85. The van der Waals surface area contributed by atoms with Gasteiger partial charge in [-0.05, 0) is 43.7 Å². The van der Waals surface area contributed by atoms with E-state index in [2.05, 4.69) is 31.3 Å². The number of para-hydroxylation sites is 1. The van der Waals surface area contributed by atoms with Gasteiger partial charge in [-0.1, -0.05) is 22.5 Å². The second kappa shape index (κ2) is 7.79. The number of aromatic nitrogens is 4. The van der Waals surface area contributed by atoms with Crippen LogP contribution in [0.15, 0.2) is 47.0 Å². The van der Waals surface area contributed by atoms with E-state index >= 15 is 0 Å². The van der Waals surface area contributed by atoms with Crippen molar-refractivity contribution in [3.8, 4) is 0 Å². The third-order valence-corrected chi connectivity index (χ3v) is 5.60. The summed E-state index contributed by atoms with van der Waals surface area (Å²) in [5.41, 5.74) is 2.55. The number of benzene rings is 2. The fourth-order valence-electron chi connectivity index (χ4n) is 3.99. The average Bonchev–Trinajstić information content (AvgIpc) is 3.35. The molecule has 1 saturated heterocycles. The SMILES string of the molecule is Fc1ccc2c(N3CCN(CCCCn4nnc5ccccc54)CC3)noc2c1. The van der Waals surface area contributed by atoms with Gasteiger partial charge in [-0.2, -0.15) is 0 Å². The molecule has 2 aromatic carbocycles. The first-order chi connectivity index (χ1) is 14.3. The molecule has 0 radical (unpaired) electrons. The number of unbranched alkanes of at least 4 members (excludes halogenated alkanes) is 1. The summed E-state index contributed by atoms with van der Waals surface area (Å²) in [6.45, 7) is 5.73. The van der Waals surface area contributed by atoms with Crippen molar-refractivity contribution < 1.29 is 8.91 Å². The molecule has 150 valence electrons. The van der Waals surface area contributed by atoms with Crippen LogP contribution in [0.25, 0.3) is 22.0 Å². The molecule has 0 aliphatic carbocycles. The fourth-order valence-corrected chi connectivity index (χ4v) is 3.99. The summed E-state index contributed by atoms with van der Waals surface area (Å²) in [6.07, 6.45) is 2.20. The predicted molar refractivity (Wildman–Crippen MR) is 109 cm³/mol.